The summed E-state index contributed by atoms with van der Waals surface area (Å²) in [6, 6.07) is 6.12. The van der Waals surface area contributed by atoms with Crippen molar-refractivity contribution in [1.82, 2.24) is 24.3 Å². The number of piperazine rings is 1. The summed E-state index contributed by atoms with van der Waals surface area (Å²) in [6.07, 6.45) is -5.13. The Hall–Kier alpha value is -5.33. The number of hydrogen-bond donors (Lipinski definition) is 4. The van der Waals surface area contributed by atoms with Crippen molar-refractivity contribution < 1.29 is 46.9 Å². The molecule has 5 rings (SSSR count). The Kier molecular flexibility index (Phi) is 11.2. The molecule has 0 atom stereocenters. The molecule has 4 aromatic rings. The van der Waals surface area contributed by atoms with Crippen LogP contribution in [0.15, 0.2) is 48.9 Å². The number of anilines is 3. The van der Waals surface area contributed by atoms with E-state index in [0.29, 0.717) is 18.0 Å². The number of aliphatic hydroxyl groups is 1. The zero-order chi connectivity index (χ0) is 39.7. The third-order valence-corrected chi connectivity index (χ3v) is 8.36. The monoisotopic (exact) mass is 758 g/mol. The third kappa shape index (κ3) is 9.61. The van der Waals surface area contributed by atoms with Crippen LogP contribution in [-0.2, 0) is 24.0 Å². The molecule has 0 unspecified atom stereocenters. The average Bonchev–Trinajstić information content (AvgIpc) is 3.40. The molecule has 14 nitrogen and oxygen atoms in total. The van der Waals surface area contributed by atoms with Crippen molar-refractivity contribution in [2.45, 2.75) is 65.1 Å². The minimum absolute atomic E-state index is 0.0180. The lowest BCUT2D eigenvalue weighted by molar-refractivity contribution is -0.138. The van der Waals surface area contributed by atoms with Gasteiger partial charge in [-0.2, -0.15) is 18.1 Å². The Morgan fingerprint density at radius 2 is 1.65 bits per heavy atom. The van der Waals surface area contributed by atoms with E-state index in [0.717, 1.165) is 31.5 Å². The van der Waals surface area contributed by atoms with Crippen molar-refractivity contribution in [3.63, 3.8) is 0 Å². The number of alkyl halides is 3. The molecule has 1 fully saturated rings. The van der Waals surface area contributed by atoms with E-state index in [1.54, 1.807) is 20.8 Å². The van der Waals surface area contributed by atoms with Gasteiger partial charge in [-0.05, 0) is 77.1 Å². The van der Waals surface area contributed by atoms with Crippen molar-refractivity contribution in [2.24, 2.45) is 0 Å². The maximum atomic E-state index is 15.7. The minimum atomic E-state index is -4.69. The number of halogens is 4. The first-order valence-electron chi connectivity index (χ1n) is 16.9. The summed E-state index contributed by atoms with van der Waals surface area (Å²) in [5.41, 5.74) is -3.23. The highest BCUT2D eigenvalue weighted by molar-refractivity contribution is 6.15. The van der Waals surface area contributed by atoms with Gasteiger partial charge in [0.25, 0.3) is 0 Å². The maximum absolute atomic E-state index is 15.7. The molecular formula is C36H42F4N8O6. The molecule has 1 aliphatic heterocycles. The molecule has 290 valence electrons. The summed E-state index contributed by atoms with van der Waals surface area (Å²) in [7, 11) is 1.95. The molecule has 0 spiro atoms. The highest BCUT2D eigenvalue weighted by atomic mass is 19.4. The summed E-state index contributed by atoms with van der Waals surface area (Å²) < 4.78 is 64.7. The van der Waals surface area contributed by atoms with Crippen LogP contribution in [0.1, 0.15) is 45.7 Å². The fourth-order valence-corrected chi connectivity index (χ4v) is 5.97. The maximum Gasteiger partial charge on any atom is 0.425 e. The van der Waals surface area contributed by atoms with Gasteiger partial charge in [0.15, 0.2) is 5.82 Å². The molecule has 1 saturated heterocycles. The summed E-state index contributed by atoms with van der Waals surface area (Å²) in [5.74, 6) is -1.34. The van der Waals surface area contributed by atoms with Crippen LogP contribution in [0.4, 0.5) is 49.1 Å². The highest BCUT2D eigenvalue weighted by Gasteiger charge is 2.35. The summed E-state index contributed by atoms with van der Waals surface area (Å²) >= 11 is 0. The lowest BCUT2D eigenvalue weighted by Crippen LogP contribution is -2.44. The number of ether oxygens (including phenoxy) is 1. The zero-order valence-electron chi connectivity index (χ0n) is 30.6. The second-order valence-corrected chi connectivity index (χ2v) is 14.7. The van der Waals surface area contributed by atoms with E-state index < -0.39 is 47.0 Å². The van der Waals surface area contributed by atoms with E-state index in [2.05, 4.69) is 25.5 Å². The molecule has 0 bridgehead atoms. The van der Waals surface area contributed by atoms with Crippen molar-refractivity contribution in [3.05, 3.63) is 65.9 Å². The molecular weight excluding hydrogens is 716 g/mol. The first kappa shape index (κ1) is 39.9. The van der Waals surface area contributed by atoms with Gasteiger partial charge in [0, 0.05) is 50.2 Å². The molecule has 0 aliphatic carbocycles. The van der Waals surface area contributed by atoms with E-state index in [1.807, 2.05) is 11.9 Å². The SMILES string of the molecule is CN1CCN(Cc2ccc(NC(=O)Nc3ccc(-c4cn(CC(C)(C)O)c5ncnc(N(C(=O)O)C(=O)OC(C)(C)C)c45)cc3F)cc2C(F)(F)F)CC1. The normalized spacial score (nSPS) is 14.6. The molecule has 54 heavy (non-hydrogen) atoms. The average molecular weight is 759 g/mol. The van der Waals surface area contributed by atoms with Gasteiger partial charge in [0.1, 0.15) is 23.4 Å². The first-order valence-corrected chi connectivity index (χ1v) is 16.9. The largest absolute Gasteiger partial charge is 0.464 e. The van der Waals surface area contributed by atoms with E-state index in [4.69, 9.17) is 4.74 Å². The smallest absolute Gasteiger partial charge is 0.425 e. The highest BCUT2D eigenvalue weighted by Crippen LogP contribution is 2.38. The number of benzene rings is 2. The number of hydrogen-bond acceptors (Lipinski definition) is 9. The van der Waals surface area contributed by atoms with Crippen LogP contribution in [0.2, 0.25) is 0 Å². The number of carboxylic acid groups (broad SMARTS) is 1. The van der Waals surface area contributed by atoms with Gasteiger partial charge in [-0.1, -0.05) is 12.1 Å². The topological polar surface area (TPSA) is 165 Å². The minimum Gasteiger partial charge on any atom is -0.464 e. The van der Waals surface area contributed by atoms with Gasteiger partial charge in [-0.3, -0.25) is 4.90 Å². The fraction of sp³-hybridized carbons (Fsp3) is 0.417. The van der Waals surface area contributed by atoms with Gasteiger partial charge in [-0.15, -0.1) is 0 Å². The molecule has 2 aromatic heterocycles. The summed E-state index contributed by atoms with van der Waals surface area (Å²) in [6.45, 7) is 10.5. The molecule has 0 radical (unpaired) electrons. The number of likely N-dealkylation sites (N-methyl/N-ethyl adjacent to an activating group) is 1. The number of carbonyl (C=O) groups excluding carboxylic acids is 2. The molecule has 4 N–H and O–H groups in total. The van der Waals surface area contributed by atoms with Gasteiger partial charge in [-0.25, -0.2) is 28.7 Å². The van der Waals surface area contributed by atoms with Gasteiger partial charge < -0.3 is 35.1 Å². The van der Waals surface area contributed by atoms with E-state index in [-0.39, 0.29) is 58.0 Å². The van der Waals surface area contributed by atoms with Crippen molar-refractivity contribution in [1.29, 1.82) is 0 Å². The second-order valence-electron chi connectivity index (χ2n) is 14.7. The number of carbonyl (C=O) groups is 3. The number of urea groups is 1. The summed E-state index contributed by atoms with van der Waals surface area (Å²) in [5, 5.41) is 25.3. The number of nitrogens with one attached hydrogen (secondary N) is 2. The molecule has 18 heteroatoms. The number of nitrogens with zero attached hydrogens (tertiary/aromatic N) is 6. The van der Waals surface area contributed by atoms with Crippen molar-refractivity contribution in [2.75, 3.05) is 48.8 Å². The number of amides is 4. The first-order chi connectivity index (χ1) is 25.1. The van der Waals surface area contributed by atoms with Gasteiger partial charge in [0.05, 0.1) is 28.8 Å². The van der Waals surface area contributed by atoms with Gasteiger partial charge >= 0.3 is 24.4 Å². The molecule has 2 aromatic carbocycles. The van der Waals surface area contributed by atoms with E-state index >= 15 is 4.39 Å². The molecule has 0 saturated carbocycles. The quantitative estimate of drug-likeness (QED) is 0.140. The standard InChI is InChI=1S/C36H42F4N8O6/c1-34(2,3)54-33(52)48(32(50)51)30-28-24(18-47(19-35(4,5)53)29(28)41-20-42-30)21-8-10-27(26(37)15-21)44-31(49)43-23-9-7-22(25(16-23)36(38,39)40)17-46-13-11-45(6)12-14-46/h7-10,15-16,18,20,53H,11-14,17,19H2,1-6H3,(H,50,51)(H2,43,44,49). The third-order valence-electron chi connectivity index (χ3n) is 8.36. The number of rotatable bonds is 8. The second kappa shape index (κ2) is 15.2. The predicted octanol–water partition coefficient (Wildman–Crippen LogP) is 6.84. The van der Waals surface area contributed by atoms with Crippen LogP contribution in [0, 0.1) is 5.82 Å². The number of fused-ring (bicyclic) bond motifs is 1. The van der Waals surface area contributed by atoms with Gasteiger partial charge in [0.2, 0.25) is 0 Å². The fourth-order valence-electron chi connectivity index (χ4n) is 5.97. The van der Waals surface area contributed by atoms with Crippen LogP contribution < -0.4 is 15.5 Å². The predicted molar refractivity (Wildman–Crippen MR) is 193 cm³/mol. The Labute approximate surface area is 308 Å². The van der Waals surface area contributed by atoms with E-state index in [1.165, 1.54) is 48.9 Å². The molecule has 3 heterocycles. The number of imide groups is 1. The zero-order valence-corrected chi connectivity index (χ0v) is 30.6. The van der Waals surface area contributed by atoms with Crippen molar-refractivity contribution >= 4 is 46.4 Å². The lowest BCUT2D eigenvalue weighted by atomic mass is 10.0. The molecule has 1 aliphatic rings. The van der Waals surface area contributed by atoms with Crippen LogP contribution in [0.5, 0.6) is 0 Å². The summed E-state index contributed by atoms with van der Waals surface area (Å²) in [4.78, 5) is 51.1. The van der Waals surface area contributed by atoms with E-state index in [9.17, 15) is 37.8 Å². The van der Waals surface area contributed by atoms with Crippen LogP contribution >= 0.6 is 0 Å². The Balaban J connectivity index is 1.44. The lowest BCUT2D eigenvalue weighted by Gasteiger charge is -2.33. The van der Waals surface area contributed by atoms with Crippen LogP contribution in [0.25, 0.3) is 22.2 Å². The van der Waals surface area contributed by atoms with Crippen LogP contribution in [-0.4, -0.2) is 97.2 Å². The number of aromatic nitrogens is 3. The van der Waals surface area contributed by atoms with Crippen molar-refractivity contribution in [3.8, 4) is 11.1 Å². The van der Waals surface area contributed by atoms with Crippen LogP contribution in [0.3, 0.4) is 0 Å². The Morgan fingerprint density at radius 1 is 0.963 bits per heavy atom. The Morgan fingerprint density at radius 3 is 2.24 bits per heavy atom. The molecule has 4 amide bonds. The Bertz CT molecular complexity index is 2050.